The van der Waals surface area contributed by atoms with Crippen LogP contribution in [0.1, 0.15) is 16.1 Å². The Bertz CT molecular complexity index is 752. The molecular weight excluding hydrogens is 302 g/mol. The first-order valence-electron chi connectivity index (χ1n) is 6.77. The first kappa shape index (κ1) is 16.3. The number of nitrogens with zero attached hydrogens (tertiary/aromatic N) is 2. The molecule has 0 saturated heterocycles. The molecule has 0 fully saturated rings. The second-order valence-electron chi connectivity index (χ2n) is 5.21. The summed E-state index contributed by atoms with van der Waals surface area (Å²) in [5.41, 5.74) is 1.89. The summed E-state index contributed by atoms with van der Waals surface area (Å²) in [5, 5.41) is 24.4. The van der Waals surface area contributed by atoms with Crippen molar-refractivity contribution in [3.8, 4) is 17.1 Å². The number of hydrogen-bond donors (Lipinski definition) is 3. The van der Waals surface area contributed by atoms with E-state index in [1.807, 2.05) is 0 Å². The van der Waals surface area contributed by atoms with Gasteiger partial charge in [-0.2, -0.15) is 0 Å². The third-order valence-corrected chi connectivity index (χ3v) is 3.19. The molecule has 0 radical (unpaired) electrons. The molecule has 23 heavy (non-hydrogen) atoms. The summed E-state index contributed by atoms with van der Waals surface area (Å²) in [6, 6.07) is 4.84. The molecule has 0 aliphatic carbocycles. The molecule has 0 saturated carbocycles. The number of benzene rings is 1. The molecule has 1 amide bonds. The highest BCUT2D eigenvalue weighted by molar-refractivity contribution is 5.94. The van der Waals surface area contributed by atoms with Crippen molar-refractivity contribution in [1.29, 1.82) is 0 Å². The predicted octanol–water partition coefficient (Wildman–Crippen LogP) is 1.24. The molecule has 0 bridgehead atoms. The van der Waals surface area contributed by atoms with E-state index in [1.54, 1.807) is 38.1 Å². The number of amides is 1. The third kappa shape index (κ3) is 3.60. The zero-order chi connectivity index (χ0) is 17.1. The fourth-order valence-electron chi connectivity index (χ4n) is 2.01. The van der Waals surface area contributed by atoms with Gasteiger partial charge in [-0.05, 0) is 24.6 Å². The van der Waals surface area contributed by atoms with Crippen molar-refractivity contribution in [2.45, 2.75) is 6.92 Å². The SMILES string of the molecule is Cc1cc(-c2cc(C(=O)NCC(=O)O)no2)cc(N(C)C)c1O. The maximum absolute atomic E-state index is 11.7. The minimum Gasteiger partial charge on any atom is -0.505 e. The van der Waals surface area contributed by atoms with Crippen molar-refractivity contribution in [3.63, 3.8) is 0 Å². The first-order valence-corrected chi connectivity index (χ1v) is 6.77. The molecule has 0 spiro atoms. The van der Waals surface area contributed by atoms with E-state index in [0.717, 1.165) is 0 Å². The van der Waals surface area contributed by atoms with Crippen LogP contribution in [0.5, 0.6) is 5.75 Å². The van der Waals surface area contributed by atoms with E-state index in [9.17, 15) is 14.7 Å². The molecule has 8 nitrogen and oxygen atoms in total. The third-order valence-electron chi connectivity index (χ3n) is 3.19. The van der Waals surface area contributed by atoms with Gasteiger partial charge in [-0.25, -0.2) is 0 Å². The highest BCUT2D eigenvalue weighted by atomic mass is 16.5. The number of carboxylic acids is 1. The minimum atomic E-state index is -1.15. The van der Waals surface area contributed by atoms with Crippen LogP contribution in [0.4, 0.5) is 5.69 Å². The van der Waals surface area contributed by atoms with E-state index in [4.69, 9.17) is 9.63 Å². The van der Waals surface area contributed by atoms with Gasteiger partial charge >= 0.3 is 5.97 Å². The zero-order valence-corrected chi connectivity index (χ0v) is 13.0. The standard InChI is InChI=1S/C15H17N3O5/c1-8-4-9(5-11(14(8)21)18(2)3)12-6-10(17-23-12)15(22)16-7-13(19)20/h4-6,21H,7H2,1-3H3,(H,16,22)(H,19,20). The molecule has 0 atom stereocenters. The number of phenols is 1. The largest absolute Gasteiger partial charge is 0.505 e. The summed E-state index contributed by atoms with van der Waals surface area (Å²) in [7, 11) is 3.59. The van der Waals surface area contributed by atoms with Gasteiger partial charge in [0.15, 0.2) is 11.5 Å². The number of carbonyl (C=O) groups is 2. The molecular formula is C15H17N3O5. The Morgan fingerprint density at radius 1 is 1.30 bits per heavy atom. The summed E-state index contributed by atoms with van der Waals surface area (Å²) >= 11 is 0. The van der Waals surface area contributed by atoms with Gasteiger partial charge < -0.3 is 25.0 Å². The topological polar surface area (TPSA) is 116 Å². The Morgan fingerprint density at radius 2 is 2.00 bits per heavy atom. The van der Waals surface area contributed by atoms with Crippen LogP contribution in [0.2, 0.25) is 0 Å². The number of phenolic OH excluding ortho intramolecular Hbond substituents is 1. The van der Waals surface area contributed by atoms with Gasteiger partial charge in [0.1, 0.15) is 12.3 Å². The van der Waals surface area contributed by atoms with Gasteiger partial charge in [-0.3, -0.25) is 9.59 Å². The monoisotopic (exact) mass is 319 g/mol. The highest BCUT2D eigenvalue weighted by Crippen LogP contribution is 2.35. The number of nitrogens with one attached hydrogen (secondary N) is 1. The summed E-state index contributed by atoms with van der Waals surface area (Å²) in [4.78, 5) is 23.9. The summed E-state index contributed by atoms with van der Waals surface area (Å²) < 4.78 is 5.15. The second-order valence-corrected chi connectivity index (χ2v) is 5.21. The minimum absolute atomic E-state index is 0.0154. The van der Waals surface area contributed by atoms with E-state index in [2.05, 4.69) is 10.5 Å². The normalized spacial score (nSPS) is 10.4. The van der Waals surface area contributed by atoms with Crippen molar-refractivity contribution in [2.75, 3.05) is 25.5 Å². The van der Waals surface area contributed by atoms with E-state index < -0.39 is 18.4 Å². The van der Waals surface area contributed by atoms with E-state index in [0.29, 0.717) is 22.6 Å². The van der Waals surface area contributed by atoms with Crippen LogP contribution in [0, 0.1) is 6.92 Å². The van der Waals surface area contributed by atoms with Gasteiger partial charge in [0.25, 0.3) is 5.91 Å². The van der Waals surface area contributed by atoms with Crippen LogP contribution < -0.4 is 10.2 Å². The molecule has 2 rings (SSSR count). The summed E-state index contributed by atoms with van der Waals surface area (Å²) in [5.74, 6) is -1.27. The number of aliphatic carboxylic acids is 1. The molecule has 8 heteroatoms. The molecule has 1 aromatic heterocycles. The summed E-state index contributed by atoms with van der Waals surface area (Å²) in [6.45, 7) is 1.26. The number of aromatic nitrogens is 1. The molecule has 0 aliphatic rings. The number of hydrogen-bond acceptors (Lipinski definition) is 6. The Hall–Kier alpha value is -3.03. The Kier molecular flexibility index (Phi) is 4.54. The fourth-order valence-corrected chi connectivity index (χ4v) is 2.01. The number of aromatic hydroxyl groups is 1. The number of anilines is 1. The Labute approximate surface area is 132 Å². The Morgan fingerprint density at radius 3 is 2.61 bits per heavy atom. The number of carboxylic acid groups (broad SMARTS) is 1. The van der Waals surface area contributed by atoms with Crippen molar-refractivity contribution < 1.29 is 24.3 Å². The van der Waals surface area contributed by atoms with Crippen molar-refractivity contribution in [1.82, 2.24) is 10.5 Å². The quantitative estimate of drug-likeness (QED) is 0.759. The van der Waals surface area contributed by atoms with Crippen LogP contribution in [0.3, 0.4) is 0 Å². The number of aryl methyl sites for hydroxylation is 1. The van der Waals surface area contributed by atoms with E-state index >= 15 is 0 Å². The van der Waals surface area contributed by atoms with Crippen molar-refractivity contribution in [3.05, 3.63) is 29.5 Å². The maximum atomic E-state index is 11.7. The lowest BCUT2D eigenvalue weighted by molar-refractivity contribution is -0.135. The molecule has 122 valence electrons. The first-order chi connectivity index (χ1) is 10.8. The number of carbonyl (C=O) groups excluding carboxylic acids is 1. The highest BCUT2D eigenvalue weighted by Gasteiger charge is 2.17. The zero-order valence-electron chi connectivity index (χ0n) is 13.0. The maximum Gasteiger partial charge on any atom is 0.322 e. The average Bonchev–Trinajstić information content (AvgIpc) is 2.97. The molecule has 3 N–H and O–H groups in total. The average molecular weight is 319 g/mol. The van der Waals surface area contributed by atoms with Gasteiger partial charge in [-0.1, -0.05) is 5.16 Å². The second kappa shape index (κ2) is 6.39. The molecule has 1 aromatic carbocycles. The lowest BCUT2D eigenvalue weighted by Gasteiger charge is -2.16. The van der Waals surface area contributed by atoms with Crippen molar-refractivity contribution in [2.24, 2.45) is 0 Å². The van der Waals surface area contributed by atoms with Gasteiger partial charge in [-0.15, -0.1) is 0 Å². The van der Waals surface area contributed by atoms with Gasteiger partial charge in [0.2, 0.25) is 0 Å². The molecule has 0 unspecified atom stereocenters. The van der Waals surface area contributed by atoms with Gasteiger partial charge in [0, 0.05) is 25.7 Å². The van der Waals surface area contributed by atoms with Crippen LogP contribution in [0.15, 0.2) is 22.7 Å². The van der Waals surface area contributed by atoms with E-state index in [-0.39, 0.29) is 11.4 Å². The van der Waals surface area contributed by atoms with Crippen LogP contribution in [-0.2, 0) is 4.79 Å². The van der Waals surface area contributed by atoms with Crippen LogP contribution in [-0.4, -0.2) is 47.9 Å². The fraction of sp³-hybridized carbons (Fsp3) is 0.267. The van der Waals surface area contributed by atoms with Crippen molar-refractivity contribution >= 4 is 17.6 Å². The predicted molar refractivity (Wildman–Crippen MR) is 82.6 cm³/mol. The molecule has 1 heterocycles. The van der Waals surface area contributed by atoms with Gasteiger partial charge in [0.05, 0.1) is 5.69 Å². The Balaban J connectivity index is 2.30. The number of rotatable bonds is 5. The molecule has 0 aliphatic heterocycles. The van der Waals surface area contributed by atoms with Crippen LogP contribution in [0.25, 0.3) is 11.3 Å². The summed E-state index contributed by atoms with van der Waals surface area (Å²) in [6.07, 6.45) is 0. The smallest absolute Gasteiger partial charge is 0.322 e. The lowest BCUT2D eigenvalue weighted by Crippen LogP contribution is -2.29. The molecule has 2 aromatic rings. The van der Waals surface area contributed by atoms with Crippen LogP contribution >= 0.6 is 0 Å². The lowest BCUT2D eigenvalue weighted by atomic mass is 10.1. The van der Waals surface area contributed by atoms with E-state index in [1.165, 1.54) is 6.07 Å².